The number of carbonyl (C=O) groups excluding carboxylic acids is 4. The molecule has 4 rings (SSSR count). The number of carbonyl (C=O) groups is 4. The van der Waals surface area contributed by atoms with E-state index in [9.17, 15) is 19.2 Å². The molecule has 3 aromatic carbocycles. The summed E-state index contributed by atoms with van der Waals surface area (Å²) in [6.45, 7) is 0.0157. The highest BCUT2D eigenvalue weighted by Gasteiger charge is 2.35. The first kappa shape index (κ1) is 23.7. The van der Waals surface area contributed by atoms with Gasteiger partial charge in [0.25, 0.3) is 17.7 Å². The van der Waals surface area contributed by atoms with Gasteiger partial charge in [-0.25, -0.2) is 4.79 Å². The van der Waals surface area contributed by atoms with Crippen molar-refractivity contribution in [3.8, 4) is 5.75 Å². The van der Waals surface area contributed by atoms with Crippen molar-refractivity contribution in [2.75, 3.05) is 20.3 Å². The summed E-state index contributed by atoms with van der Waals surface area (Å²) >= 11 is 0. The summed E-state index contributed by atoms with van der Waals surface area (Å²) in [5, 5.41) is 2.72. The zero-order valence-electron chi connectivity index (χ0n) is 19.2. The number of rotatable bonds is 9. The van der Waals surface area contributed by atoms with E-state index in [4.69, 9.17) is 9.47 Å². The minimum absolute atomic E-state index is 0.0271. The predicted octanol–water partition coefficient (Wildman–Crippen LogP) is 3.01. The molecule has 8 nitrogen and oxygen atoms in total. The SMILES string of the molecule is COc1ccc(CCNC(=O)COC(=O)c2cccc(CN3C(=O)c4ccccc4C3=O)c2)cc1. The van der Waals surface area contributed by atoms with Gasteiger partial charge in [-0.15, -0.1) is 0 Å². The molecule has 8 heteroatoms. The molecule has 0 atom stereocenters. The number of amides is 3. The van der Waals surface area contributed by atoms with Crippen LogP contribution in [0.1, 0.15) is 42.2 Å². The molecule has 1 heterocycles. The Labute approximate surface area is 202 Å². The van der Waals surface area contributed by atoms with Gasteiger partial charge < -0.3 is 14.8 Å². The molecular formula is C27H24N2O6. The van der Waals surface area contributed by atoms with Crippen LogP contribution < -0.4 is 10.1 Å². The van der Waals surface area contributed by atoms with E-state index in [1.807, 2.05) is 24.3 Å². The summed E-state index contributed by atoms with van der Waals surface area (Å²) in [5.74, 6) is -1.05. The molecule has 0 aromatic heterocycles. The van der Waals surface area contributed by atoms with Gasteiger partial charge in [0, 0.05) is 6.54 Å². The molecule has 1 aliphatic heterocycles. The van der Waals surface area contributed by atoms with Gasteiger partial charge in [-0.2, -0.15) is 0 Å². The lowest BCUT2D eigenvalue weighted by Crippen LogP contribution is -2.30. The fraction of sp³-hybridized carbons (Fsp3) is 0.185. The smallest absolute Gasteiger partial charge is 0.338 e. The van der Waals surface area contributed by atoms with Gasteiger partial charge in [0.2, 0.25) is 0 Å². The van der Waals surface area contributed by atoms with Gasteiger partial charge in [0.05, 0.1) is 30.3 Å². The lowest BCUT2D eigenvalue weighted by atomic mass is 10.1. The number of nitrogens with zero attached hydrogens (tertiary/aromatic N) is 1. The second-order valence-corrected chi connectivity index (χ2v) is 7.97. The Morgan fingerprint density at radius 2 is 1.54 bits per heavy atom. The number of hydrogen-bond acceptors (Lipinski definition) is 6. The fourth-order valence-corrected chi connectivity index (χ4v) is 3.77. The Balaban J connectivity index is 1.27. The van der Waals surface area contributed by atoms with Gasteiger partial charge in [0.15, 0.2) is 6.61 Å². The third-order valence-electron chi connectivity index (χ3n) is 5.61. The molecule has 0 saturated heterocycles. The van der Waals surface area contributed by atoms with Crippen LogP contribution in [0.5, 0.6) is 5.75 Å². The summed E-state index contributed by atoms with van der Waals surface area (Å²) in [4.78, 5) is 50.8. The largest absolute Gasteiger partial charge is 0.497 e. The van der Waals surface area contributed by atoms with Crippen LogP contribution in [0.4, 0.5) is 0 Å². The molecule has 0 spiro atoms. The Bertz CT molecular complexity index is 1230. The van der Waals surface area contributed by atoms with E-state index < -0.39 is 18.5 Å². The molecule has 35 heavy (non-hydrogen) atoms. The summed E-state index contributed by atoms with van der Waals surface area (Å²) in [6, 6.07) is 20.6. The highest BCUT2D eigenvalue weighted by molar-refractivity contribution is 6.21. The predicted molar refractivity (Wildman–Crippen MR) is 127 cm³/mol. The maximum absolute atomic E-state index is 12.6. The van der Waals surface area contributed by atoms with Crippen molar-refractivity contribution in [1.29, 1.82) is 0 Å². The molecule has 1 aliphatic rings. The number of fused-ring (bicyclic) bond motifs is 1. The Morgan fingerprint density at radius 1 is 0.857 bits per heavy atom. The molecule has 0 fully saturated rings. The van der Waals surface area contributed by atoms with Crippen LogP contribution in [0.3, 0.4) is 0 Å². The quantitative estimate of drug-likeness (QED) is 0.380. The van der Waals surface area contributed by atoms with Crippen molar-refractivity contribution < 1.29 is 28.7 Å². The summed E-state index contributed by atoms with van der Waals surface area (Å²) in [5.41, 5.74) is 2.60. The van der Waals surface area contributed by atoms with Crippen LogP contribution >= 0.6 is 0 Å². The second-order valence-electron chi connectivity index (χ2n) is 7.97. The molecular weight excluding hydrogens is 448 g/mol. The lowest BCUT2D eigenvalue weighted by Gasteiger charge is -2.14. The number of nitrogens with one attached hydrogen (secondary N) is 1. The monoisotopic (exact) mass is 472 g/mol. The van der Waals surface area contributed by atoms with Crippen molar-refractivity contribution in [1.82, 2.24) is 10.2 Å². The average molecular weight is 472 g/mol. The third-order valence-corrected chi connectivity index (χ3v) is 5.61. The van der Waals surface area contributed by atoms with Crippen LogP contribution in [0.25, 0.3) is 0 Å². The molecule has 0 unspecified atom stereocenters. The number of hydrogen-bond donors (Lipinski definition) is 1. The molecule has 0 saturated carbocycles. The molecule has 0 bridgehead atoms. The third kappa shape index (κ3) is 5.55. The topological polar surface area (TPSA) is 102 Å². The number of ether oxygens (including phenoxy) is 2. The van der Waals surface area contributed by atoms with Gasteiger partial charge >= 0.3 is 5.97 Å². The summed E-state index contributed by atoms with van der Waals surface area (Å²) in [6.07, 6.45) is 0.629. The summed E-state index contributed by atoms with van der Waals surface area (Å²) < 4.78 is 10.2. The zero-order chi connectivity index (χ0) is 24.8. The first-order valence-electron chi connectivity index (χ1n) is 11.1. The minimum Gasteiger partial charge on any atom is -0.497 e. The van der Waals surface area contributed by atoms with Crippen molar-refractivity contribution in [2.45, 2.75) is 13.0 Å². The summed E-state index contributed by atoms with van der Waals surface area (Å²) in [7, 11) is 1.60. The van der Waals surface area contributed by atoms with Crippen molar-refractivity contribution in [3.05, 3.63) is 101 Å². The normalized spacial score (nSPS) is 12.3. The first-order chi connectivity index (χ1) is 17.0. The number of esters is 1. The van der Waals surface area contributed by atoms with Gasteiger partial charge in [-0.1, -0.05) is 36.4 Å². The average Bonchev–Trinajstić information content (AvgIpc) is 3.13. The highest BCUT2D eigenvalue weighted by Crippen LogP contribution is 2.24. The van der Waals surface area contributed by atoms with E-state index in [0.717, 1.165) is 16.2 Å². The Kier molecular flexibility index (Phi) is 7.21. The van der Waals surface area contributed by atoms with Crippen LogP contribution in [0, 0.1) is 0 Å². The number of imide groups is 1. The van der Waals surface area contributed by atoms with Crippen molar-refractivity contribution in [2.24, 2.45) is 0 Å². The van der Waals surface area contributed by atoms with Crippen LogP contribution in [-0.2, 0) is 22.5 Å². The fourth-order valence-electron chi connectivity index (χ4n) is 3.77. The standard InChI is InChI=1S/C27H24N2O6/c1-34-21-11-9-18(10-12-21)13-14-28-24(30)17-35-27(33)20-6-4-5-19(15-20)16-29-25(31)22-7-2-3-8-23(22)26(29)32/h2-12,15H,13-14,16-17H2,1H3,(H,28,30). The maximum atomic E-state index is 12.6. The van der Waals surface area contributed by atoms with Gasteiger partial charge in [-0.3, -0.25) is 19.3 Å². The van der Waals surface area contributed by atoms with Crippen molar-refractivity contribution >= 4 is 23.7 Å². The Morgan fingerprint density at radius 3 is 2.20 bits per heavy atom. The number of methoxy groups -OCH3 is 1. The van der Waals surface area contributed by atoms with Crippen LogP contribution in [0.2, 0.25) is 0 Å². The van der Waals surface area contributed by atoms with Crippen molar-refractivity contribution in [3.63, 3.8) is 0 Å². The molecule has 178 valence electrons. The zero-order valence-corrected chi connectivity index (χ0v) is 19.2. The van der Waals surface area contributed by atoms with Gasteiger partial charge in [-0.05, 0) is 53.9 Å². The second kappa shape index (κ2) is 10.6. The number of benzene rings is 3. The van der Waals surface area contributed by atoms with E-state index >= 15 is 0 Å². The van der Waals surface area contributed by atoms with Gasteiger partial charge in [0.1, 0.15) is 5.75 Å². The van der Waals surface area contributed by atoms with Crippen LogP contribution in [-0.4, -0.2) is 48.9 Å². The molecule has 1 N–H and O–H groups in total. The molecule has 0 aliphatic carbocycles. The molecule has 0 radical (unpaired) electrons. The first-order valence-corrected chi connectivity index (χ1v) is 11.1. The molecule has 3 amide bonds. The Hall–Kier alpha value is -4.46. The van der Waals surface area contributed by atoms with E-state index in [2.05, 4.69) is 5.32 Å². The van der Waals surface area contributed by atoms with E-state index in [1.54, 1.807) is 55.6 Å². The van der Waals surface area contributed by atoms with E-state index in [0.29, 0.717) is 29.7 Å². The van der Waals surface area contributed by atoms with E-state index in [1.165, 1.54) is 0 Å². The lowest BCUT2D eigenvalue weighted by molar-refractivity contribution is -0.124. The minimum atomic E-state index is -0.667. The maximum Gasteiger partial charge on any atom is 0.338 e. The van der Waals surface area contributed by atoms with E-state index in [-0.39, 0.29) is 23.9 Å². The van der Waals surface area contributed by atoms with Crippen LogP contribution in [0.15, 0.2) is 72.8 Å². The highest BCUT2D eigenvalue weighted by atomic mass is 16.5. The molecule has 3 aromatic rings.